The zero-order valence-electron chi connectivity index (χ0n) is 14.2. The van der Waals surface area contributed by atoms with E-state index in [2.05, 4.69) is 4.72 Å². The van der Waals surface area contributed by atoms with Gasteiger partial charge in [0.1, 0.15) is 0 Å². The smallest absolute Gasteiger partial charge is 0.241 e. The lowest BCUT2D eigenvalue weighted by atomic mass is 9.88. The maximum Gasteiger partial charge on any atom is 0.241 e. The monoisotopic (exact) mass is 364 g/mol. The van der Waals surface area contributed by atoms with Gasteiger partial charge in [0.15, 0.2) is 11.6 Å². The van der Waals surface area contributed by atoms with Crippen LogP contribution in [0.3, 0.4) is 0 Å². The molecule has 2 aromatic rings. The lowest BCUT2D eigenvalue weighted by Crippen LogP contribution is -2.31. The molecule has 1 aliphatic carbocycles. The van der Waals surface area contributed by atoms with Crippen LogP contribution in [0.5, 0.6) is 5.75 Å². The number of aryl methyl sites for hydroxylation is 1. The van der Waals surface area contributed by atoms with Crippen LogP contribution < -0.4 is 15.2 Å². The number of benzene rings is 2. The molecule has 5 nitrogen and oxygen atoms in total. The van der Waals surface area contributed by atoms with Gasteiger partial charge in [-0.3, -0.25) is 0 Å². The topological polar surface area (TPSA) is 81.4 Å². The number of nitrogens with one attached hydrogen (secondary N) is 1. The predicted octanol–water partition coefficient (Wildman–Crippen LogP) is 3.08. The first kappa shape index (κ1) is 17.7. The Morgan fingerprint density at radius 3 is 2.76 bits per heavy atom. The fourth-order valence-corrected chi connectivity index (χ4v) is 4.78. The molecule has 3 N–H and O–H groups in total. The maximum absolute atomic E-state index is 14.2. The molecule has 0 saturated heterocycles. The normalized spacial score (nSPS) is 17.2. The molecule has 134 valence electrons. The van der Waals surface area contributed by atoms with Crippen LogP contribution in [0.2, 0.25) is 0 Å². The highest BCUT2D eigenvalue weighted by Crippen LogP contribution is 2.33. The number of halogens is 1. The Morgan fingerprint density at radius 1 is 1.28 bits per heavy atom. The zero-order chi connectivity index (χ0) is 18.2. The Bertz CT molecular complexity index is 913. The second kappa shape index (κ2) is 6.65. The summed E-state index contributed by atoms with van der Waals surface area (Å²) in [6, 6.07) is 7.86. The average Bonchev–Trinajstić information content (AvgIpc) is 2.56. The molecule has 0 fully saturated rings. The predicted molar refractivity (Wildman–Crippen MR) is 94.5 cm³/mol. The molecule has 7 heteroatoms. The summed E-state index contributed by atoms with van der Waals surface area (Å²) in [5.74, 6) is -0.642. The molecule has 0 heterocycles. The van der Waals surface area contributed by atoms with Crippen LogP contribution in [0, 0.1) is 12.7 Å². The van der Waals surface area contributed by atoms with E-state index in [9.17, 15) is 12.8 Å². The van der Waals surface area contributed by atoms with Gasteiger partial charge in [-0.1, -0.05) is 6.07 Å². The van der Waals surface area contributed by atoms with Gasteiger partial charge in [0.25, 0.3) is 0 Å². The number of rotatable bonds is 4. The molecule has 0 aliphatic heterocycles. The Balaban J connectivity index is 1.95. The number of anilines is 1. The minimum Gasteiger partial charge on any atom is -0.494 e. The van der Waals surface area contributed by atoms with Crippen LogP contribution in [0.25, 0.3) is 0 Å². The minimum absolute atomic E-state index is 0.0231. The fourth-order valence-electron chi connectivity index (χ4n) is 3.30. The van der Waals surface area contributed by atoms with E-state index in [1.807, 2.05) is 12.1 Å². The van der Waals surface area contributed by atoms with Crippen LogP contribution in [0.15, 0.2) is 35.2 Å². The van der Waals surface area contributed by atoms with Crippen molar-refractivity contribution in [3.63, 3.8) is 0 Å². The number of hydrogen-bond acceptors (Lipinski definition) is 4. The van der Waals surface area contributed by atoms with Crippen molar-refractivity contribution in [1.29, 1.82) is 0 Å². The summed E-state index contributed by atoms with van der Waals surface area (Å²) in [6.07, 6.45) is 2.42. The highest BCUT2D eigenvalue weighted by atomic mass is 32.2. The summed E-state index contributed by atoms with van der Waals surface area (Å²) in [7, 11) is -2.53. The summed E-state index contributed by atoms with van der Waals surface area (Å²) in [5, 5.41) is 0. The molecule has 0 radical (unpaired) electrons. The first-order valence-electron chi connectivity index (χ1n) is 8.07. The van der Waals surface area contributed by atoms with Crippen LogP contribution >= 0.6 is 0 Å². The van der Waals surface area contributed by atoms with Gasteiger partial charge < -0.3 is 10.5 Å². The first-order valence-corrected chi connectivity index (χ1v) is 9.55. The number of ether oxygens (including phenoxy) is 1. The molecule has 0 spiro atoms. The van der Waals surface area contributed by atoms with Gasteiger partial charge in [-0.15, -0.1) is 0 Å². The Kier molecular flexibility index (Phi) is 4.71. The van der Waals surface area contributed by atoms with E-state index in [1.165, 1.54) is 26.2 Å². The van der Waals surface area contributed by atoms with Gasteiger partial charge in [0.05, 0.1) is 12.0 Å². The molecular formula is C18H21FN2O3S. The largest absolute Gasteiger partial charge is 0.494 e. The van der Waals surface area contributed by atoms with Gasteiger partial charge in [0.2, 0.25) is 10.0 Å². The van der Waals surface area contributed by atoms with E-state index in [-0.39, 0.29) is 22.3 Å². The summed E-state index contributed by atoms with van der Waals surface area (Å²) < 4.78 is 47.5. The molecule has 0 saturated carbocycles. The molecular weight excluding hydrogens is 343 g/mol. The minimum atomic E-state index is -3.87. The van der Waals surface area contributed by atoms with E-state index >= 15 is 0 Å². The summed E-state index contributed by atoms with van der Waals surface area (Å²) in [6.45, 7) is 1.43. The molecule has 3 rings (SSSR count). The molecule has 0 bridgehead atoms. The van der Waals surface area contributed by atoms with Crippen molar-refractivity contribution in [2.24, 2.45) is 0 Å². The molecule has 25 heavy (non-hydrogen) atoms. The quantitative estimate of drug-likeness (QED) is 0.817. The van der Waals surface area contributed by atoms with Crippen molar-refractivity contribution in [2.75, 3.05) is 12.8 Å². The van der Waals surface area contributed by atoms with Gasteiger partial charge in [-0.2, -0.15) is 0 Å². The molecule has 1 aliphatic rings. The van der Waals surface area contributed by atoms with Gasteiger partial charge in [-0.05, 0) is 61.6 Å². The maximum atomic E-state index is 14.2. The van der Waals surface area contributed by atoms with Crippen molar-refractivity contribution in [3.8, 4) is 5.75 Å². The molecule has 1 atom stereocenters. The van der Waals surface area contributed by atoms with Gasteiger partial charge in [0, 0.05) is 17.3 Å². The number of nitrogens with two attached hydrogens (primary N) is 1. The summed E-state index contributed by atoms with van der Waals surface area (Å²) in [4.78, 5) is -0.0756. The highest BCUT2D eigenvalue weighted by molar-refractivity contribution is 7.89. The van der Waals surface area contributed by atoms with Crippen molar-refractivity contribution in [1.82, 2.24) is 4.72 Å². The SMILES string of the molecule is COc1ccc(S(=O)(=O)NC2CCCc3cc(N)ccc32)c(C)c1F. The molecule has 0 aromatic heterocycles. The van der Waals surface area contributed by atoms with E-state index in [0.29, 0.717) is 12.1 Å². The molecule has 1 unspecified atom stereocenters. The zero-order valence-corrected chi connectivity index (χ0v) is 15.0. The van der Waals surface area contributed by atoms with Crippen LogP contribution in [0.4, 0.5) is 10.1 Å². The fraction of sp³-hybridized carbons (Fsp3) is 0.333. The first-order chi connectivity index (χ1) is 11.8. The van der Waals surface area contributed by atoms with Crippen LogP contribution in [0.1, 0.15) is 35.6 Å². The van der Waals surface area contributed by atoms with Gasteiger partial charge >= 0.3 is 0 Å². The van der Waals surface area contributed by atoms with E-state index in [0.717, 1.165) is 24.0 Å². The number of methoxy groups -OCH3 is 1. The van der Waals surface area contributed by atoms with E-state index in [4.69, 9.17) is 10.5 Å². The lowest BCUT2D eigenvalue weighted by molar-refractivity contribution is 0.384. The second-order valence-electron chi connectivity index (χ2n) is 6.23. The standard InChI is InChI=1S/C18H21FN2O3S/c1-11-17(9-8-16(24-2)18(11)19)25(22,23)21-15-5-3-4-12-10-13(20)6-7-14(12)15/h6-10,15,21H,3-5,20H2,1-2H3. The number of hydrogen-bond donors (Lipinski definition) is 2. The summed E-state index contributed by atoms with van der Waals surface area (Å²) in [5.41, 5.74) is 8.50. The third kappa shape index (κ3) is 3.34. The van der Waals surface area contributed by atoms with Crippen molar-refractivity contribution < 1.29 is 17.5 Å². The Hall–Kier alpha value is -2.12. The van der Waals surface area contributed by atoms with Gasteiger partial charge in [-0.25, -0.2) is 17.5 Å². The number of nitrogen functional groups attached to an aromatic ring is 1. The van der Waals surface area contributed by atoms with Crippen LogP contribution in [-0.2, 0) is 16.4 Å². The summed E-state index contributed by atoms with van der Waals surface area (Å²) >= 11 is 0. The number of sulfonamides is 1. The Labute approximate surface area is 147 Å². The van der Waals surface area contributed by atoms with E-state index < -0.39 is 15.8 Å². The van der Waals surface area contributed by atoms with Crippen molar-refractivity contribution >= 4 is 15.7 Å². The molecule has 0 amide bonds. The third-order valence-electron chi connectivity index (χ3n) is 4.59. The van der Waals surface area contributed by atoms with Crippen LogP contribution in [-0.4, -0.2) is 15.5 Å². The van der Waals surface area contributed by atoms with E-state index in [1.54, 1.807) is 6.07 Å². The molecule has 2 aromatic carbocycles. The third-order valence-corrected chi connectivity index (χ3v) is 6.21. The highest BCUT2D eigenvalue weighted by Gasteiger charge is 2.28. The van der Waals surface area contributed by atoms with Crippen molar-refractivity contribution in [3.05, 3.63) is 52.8 Å². The Morgan fingerprint density at radius 2 is 2.04 bits per heavy atom. The van der Waals surface area contributed by atoms with Crippen molar-refractivity contribution in [2.45, 2.75) is 37.1 Å². The second-order valence-corrected chi connectivity index (χ2v) is 7.91. The average molecular weight is 364 g/mol. The lowest BCUT2D eigenvalue weighted by Gasteiger charge is -2.27. The number of fused-ring (bicyclic) bond motifs is 1.